The molecule has 2 aromatic carbocycles. The van der Waals surface area contributed by atoms with E-state index in [1.54, 1.807) is 35.2 Å². The van der Waals surface area contributed by atoms with Gasteiger partial charge in [-0.25, -0.2) is 4.39 Å². The van der Waals surface area contributed by atoms with Crippen molar-refractivity contribution in [2.24, 2.45) is 0 Å². The van der Waals surface area contributed by atoms with Crippen LogP contribution in [0.3, 0.4) is 0 Å². The first-order valence-corrected chi connectivity index (χ1v) is 9.36. The predicted octanol–water partition coefficient (Wildman–Crippen LogP) is 1.47. The van der Waals surface area contributed by atoms with E-state index in [4.69, 9.17) is 16.3 Å². The molecule has 0 spiro atoms. The Balaban J connectivity index is 1.52. The van der Waals surface area contributed by atoms with Gasteiger partial charge in [-0.15, -0.1) is 0 Å². The number of ether oxygens (including phenoxy) is 1. The number of nitrogens with zero attached hydrogens (tertiary/aromatic N) is 1. The van der Waals surface area contributed by atoms with Crippen LogP contribution in [-0.4, -0.2) is 56.5 Å². The first kappa shape index (κ1) is 20.1. The van der Waals surface area contributed by atoms with Crippen molar-refractivity contribution in [3.05, 3.63) is 58.9 Å². The molecule has 0 radical (unpaired) electrons. The molecule has 0 bridgehead atoms. The number of nitrogens with one attached hydrogen (secondary N) is 2. The number of carbonyl (C=O) groups excluding carboxylic acids is 2. The van der Waals surface area contributed by atoms with Gasteiger partial charge in [0.15, 0.2) is 6.54 Å². The highest BCUT2D eigenvalue weighted by atomic mass is 35.5. The van der Waals surface area contributed by atoms with Gasteiger partial charge in [0, 0.05) is 6.07 Å². The molecule has 3 rings (SSSR count). The van der Waals surface area contributed by atoms with Gasteiger partial charge in [-0.2, -0.15) is 0 Å². The van der Waals surface area contributed by atoms with Gasteiger partial charge >= 0.3 is 0 Å². The van der Waals surface area contributed by atoms with E-state index in [9.17, 15) is 14.0 Å². The third kappa shape index (κ3) is 4.79. The minimum absolute atomic E-state index is 0.0284. The molecular weight excluding hydrogens is 385 g/mol. The zero-order valence-corrected chi connectivity index (χ0v) is 16.3. The molecule has 0 unspecified atom stereocenters. The van der Waals surface area contributed by atoms with Gasteiger partial charge < -0.3 is 19.9 Å². The largest absolute Gasteiger partial charge is 0.497 e. The van der Waals surface area contributed by atoms with E-state index in [0.29, 0.717) is 42.6 Å². The highest BCUT2D eigenvalue weighted by Crippen LogP contribution is 2.20. The standard InChI is InChI=1S/C20H21ClFN3O3/c1-28-14-6-7-15(17(22)12-14)20(27)25-10-8-24(9-11-25)13-19(26)23-18-5-3-2-4-16(18)21/h2-7,12H,8-11,13H2,1H3,(H,23,26)/p+1. The lowest BCUT2D eigenvalue weighted by atomic mass is 10.1. The number of halogens is 2. The Morgan fingerprint density at radius 2 is 1.93 bits per heavy atom. The fourth-order valence-corrected chi connectivity index (χ4v) is 3.34. The number of amides is 2. The van der Waals surface area contributed by atoms with Crippen molar-refractivity contribution in [2.45, 2.75) is 0 Å². The zero-order chi connectivity index (χ0) is 20.1. The van der Waals surface area contributed by atoms with Crippen molar-refractivity contribution < 1.29 is 23.6 Å². The van der Waals surface area contributed by atoms with Crippen LogP contribution in [0.25, 0.3) is 0 Å². The Labute approximate surface area is 167 Å². The monoisotopic (exact) mass is 406 g/mol. The third-order valence-electron chi connectivity index (χ3n) is 4.72. The van der Waals surface area contributed by atoms with Crippen LogP contribution >= 0.6 is 11.6 Å². The summed E-state index contributed by atoms with van der Waals surface area (Å²) in [7, 11) is 1.44. The maximum atomic E-state index is 14.1. The molecule has 1 saturated heterocycles. The van der Waals surface area contributed by atoms with E-state index in [2.05, 4.69) is 5.32 Å². The number of piperazine rings is 1. The lowest BCUT2D eigenvalue weighted by molar-refractivity contribution is -0.895. The lowest BCUT2D eigenvalue weighted by Gasteiger charge is -2.32. The summed E-state index contributed by atoms with van der Waals surface area (Å²) >= 11 is 6.05. The van der Waals surface area contributed by atoms with Gasteiger partial charge in [-0.3, -0.25) is 9.59 Å². The number of quaternary nitrogens is 1. The number of carbonyl (C=O) groups is 2. The normalized spacial score (nSPS) is 14.6. The lowest BCUT2D eigenvalue weighted by Crippen LogP contribution is -3.15. The maximum Gasteiger partial charge on any atom is 0.279 e. The van der Waals surface area contributed by atoms with Crippen LogP contribution in [-0.2, 0) is 4.79 Å². The summed E-state index contributed by atoms with van der Waals surface area (Å²) in [5.41, 5.74) is 0.609. The average molecular weight is 407 g/mol. The minimum Gasteiger partial charge on any atom is -0.497 e. The number of anilines is 1. The van der Waals surface area contributed by atoms with Crippen molar-refractivity contribution in [1.29, 1.82) is 0 Å². The number of rotatable bonds is 5. The number of hydrogen-bond acceptors (Lipinski definition) is 3. The summed E-state index contributed by atoms with van der Waals surface area (Å²) in [6.45, 7) is 2.42. The molecule has 0 aromatic heterocycles. The number of methoxy groups -OCH3 is 1. The molecule has 0 saturated carbocycles. The van der Waals surface area contributed by atoms with Crippen LogP contribution in [0, 0.1) is 5.82 Å². The second-order valence-electron chi connectivity index (χ2n) is 6.59. The molecule has 2 N–H and O–H groups in total. The number of para-hydroxylation sites is 1. The topological polar surface area (TPSA) is 63.1 Å². The first-order chi connectivity index (χ1) is 13.5. The SMILES string of the molecule is COc1ccc(C(=O)N2CC[NH+](CC(=O)Nc3ccccc3Cl)CC2)c(F)c1. The Bertz CT molecular complexity index is 870. The maximum absolute atomic E-state index is 14.1. The number of hydrogen-bond donors (Lipinski definition) is 2. The molecule has 0 atom stereocenters. The van der Waals surface area contributed by atoms with E-state index < -0.39 is 5.82 Å². The van der Waals surface area contributed by atoms with Crippen molar-refractivity contribution in [2.75, 3.05) is 45.2 Å². The predicted molar refractivity (Wildman–Crippen MR) is 105 cm³/mol. The molecule has 1 heterocycles. The van der Waals surface area contributed by atoms with Gasteiger partial charge in [0.05, 0.1) is 49.6 Å². The van der Waals surface area contributed by atoms with Gasteiger partial charge in [0.2, 0.25) is 0 Å². The van der Waals surface area contributed by atoms with Crippen LogP contribution in [0.2, 0.25) is 5.02 Å². The second kappa shape index (κ2) is 9.03. The summed E-state index contributed by atoms with van der Waals surface area (Å²) in [6.07, 6.45) is 0. The van der Waals surface area contributed by atoms with Crippen LogP contribution in [0.1, 0.15) is 10.4 Å². The van der Waals surface area contributed by atoms with Gasteiger partial charge in [0.1, 0.15) is 11.6 Å². The molecule has 8 heteroatoms. The summed E-state index contributed by atoms with van der Waals surface area (Å²) < 4.78 is 19.1. The Morgan fingerprint density at radius 1 is 1.21 bits per heavy atom. The van der Waals surface area contributed by atoms with Crippen LogP contribution in [0.4, 0.5) is 10.1 Å². The van der Waals surface area contributed by atoms with E-state index in [1.807, 2.05) is 0 Å². The van der Waals surface area contributed by atoms with Crippen LogP contribution in [0.5, 0.6) is 5.75 Å². The molecule has 6 nitrogen and oxygen atoms in total. The summed E-state index contributed by atoms with van der Waals surface area (Å²) in [5, 5.41) is 3.29. The van der Waals surface area contributed by atoms with Gasteiger partial charge in [-0.05, 0) is 24.3 Å². The molecule has 0 aliphatic carbocycles. The van der Waals surface area contributed by atoms with Crippen molar-refractivity contribution in [3.8, 4) is 5.75 Å². The van der Waals surface area contributed by atoms with Crippen molar-refractivity contribution in [1.82, 2.24) is 4.90 Å². The van der Waals surface area contributed by atoms with E-state index in [1.165, 1.54) is 19.2 Å². The van der Waals surface area contributed by atoms with Gasteiger partial charge in [0.25, 0.3) is 11.8 Å². The molecule has 1 fully saturated rings. The molecular formula is C20H22ClFN3O3+. The molecule has 2 amide bonds. The molecule has 1 aliphatic rings. The average Bonchev–Trinajstić information content (AvgIpc) is 2.69. The minimum atomic E-state index is -0.599. The first-order valence-electron chi connectivity index (χ1n) is 8.98. The molecule has 28 heavy (non-hydrogen) atoms. The Kier molecular flexibility index (Phi) is 6.49. The Hall–Kier alpha value is -2.64. The fourth-order valence-electron chi connectivity index (χ4n) is 3.15. The third-order valence-corrected chi connectivity index (χ3v) is 5.05. The van der Waals surface area contributed by atoms with E-state index in [-0.39, 0.29) is 23.9 Å². The Morgan fingerprint density at radius 3 is 2.57 bits per heavy atom. The fraction of sp³-hybridized carbons (Fsp3) is 0.300. The van der Waals surface area contributed by atoms with Crippen LogP contribution in [0.15, 0.2) is 42.5 Å². The quantitative estimate of drug-likeness (QED) is 0.790. The van der Waals surface area contributed by atoms with Gasteiger partial charge in [-0.1, -0.05) is 23.7 Å². The number of benzene rings is 2. The zero-order valence-electron chi connectivity index (χ0n) is 15.5. The summed E-state index contributed by atoms with van der Waals surface area (Å²) in [4.78, 5) is 27.5. The van der Waals surface area contributed by atoms with E-state index in [0.717, 1.165) is 4.90 Å². The van der Waals surface area contributed by atoms with E-state index >= 15 is 0 Å². The smallest absolute Gasteiger partial charge is 0.279 e. The summed E-state index contributed by atoms with van der Waals surface area (Å²) in [5.74, 6) is -0.713. The highest BCUT2D eigenvalue weighted by molar-refractivity contribution is 6.33. The molecule has 2 aromatic rings. The summed E-state index contributed by atoms with van der Waals surface area (Å²) in [6, 6.07) is 11.3. The molecule has 148 valence electrons. The highest BCUT2D eigenvalue weighted by Gasteiger charge is 2.27. The van der Waals surface area contributed by atoms with Crippen LogP contribution < -0.4 is 15.0 Å². The van der Waals surface area contributed by atoms with Crippen molar-refractivity contribution in [3.63, 3.8) is 0 Å². The molecule has 1 aliphatic heterocycles. The van der Waals surface area contributed by atoms with Crippen molar-refractivity contribution >= 4 is 29.1 Å². The second-order valence-corrected chi connectivity index (χ2v) is 7.00.